The van der Waals surface area contributed by atoms with Gasteiger partial charge in [0.1, 0.15) is 5.82 Å². The van der Waals surface area contributed by atoms with E-state index in [1.807, 2.05) is 6.07 Å². The maximum Gasteiger partial charge on any atom is 0.130 e. The van der Waals surface area contributed by atoms with Crippen molar-refractivity contribution in [2.75, 3.05) is 5.32 Å². The van der Waals surface area contributed by atoms with Gasteiger partial charge < -0.3 is 5.32 Å². The molecule has 0 bridgehead atoms. The number of nitrogens with one attached hydrogen (secondary N) is 1. The average Bonchev–Trinajstić information content (AvgIpc) is 2.97. The lowest BCUT2D eigenvalue weighted by atomic mass is 10.1. The Kier molecular flexibility index (Phi) is 1.93. The van der Waals surface area contributed by atoms with Crippen molar-refractivity contribution in [2.24, 2.45) is 0 Å². The summed E-state index contributed by atoms with van der Waals surface area (Å²) in [4.78, 5) is 4.69. The number of benzene rings is 1. The molecule has 82 valence electrons. The maximum atomic E-state index is 4.69. The molecule has 1 aliphatic rings. The van der Waals surface area contributed by atoms with Gasteiger partial charge in [-0.2, -0.15) is 0 Å². The fourth-order valence-corrected chi connectivity index (χ4v) is 1.95. The number of rotatable bonds is 2. The molecule has 0 radical (unpaired) electrons. The van der Waals surface area contributed by atoms with Crippen LogP contribution in [-0.2, 0) is 0 Å². The summed E-state index contributed by atoms with van der Waals surface area (Å²) < 4.78 is 0. The molecule has 16 heavy (non-hydrogen) atoms. The minimum Gasteiger partial charge on any atom is -0.365 e. The summed E-state index contributed by atoms with van der Waals surface area (Å²) in [6.45, 7) is 4.37. The molecule has 0 atom stereocenters. The van der Waals surface area contributed by atoms with E-state index in [0.29, 0.717) is 5.54 Å². The molecule has 0 saturated heterocycles. The topological polar surface area (TPSA) is 24.9 Å². The first-order valence-electron chi connectivity index (χ1n) is 5.81. The highest BCUT2D eigenvalue weighted by atomic mass is 15.1. The molecular weight excluding hydrogens is 196 g/mol. The van der Waals surface area contributed by atoms with E-state index in [1.54, 1.807) is 0 Å². The van der Waals surface area contributed by atoms with Gasteiger partial charge in [-0.3, -0.25) is 0 Å². The lowest BCUT2D eigenvalue weighted by Crippen LogP contribution is -2.17. The summed E-state index contributed by atoms with van der Waals surface area (Å²) in [5.74, 6) is 1.04. The summed E-state index contributed by atoms with van der Waals surface area (Å²) in [5, 5.41) is 4.76. The normalized spacial score (nSPS) is 17.4. The smallest absolute Gasteiger partial charge is 0.130 e. The van der Waals surface area contributed by atoms with Crippen LogP contribution in [-0.4, -0.2) is 10.5 Å². The van der Waals surface area contributed by atoms with Crippen LogP contribution in [0.3, 0.4) is 0 Å². The van der Waals surface area contributed by atoms with Crippen molar-refractivity contribution in [3.8, 4) is 0 Å². The Balaban J connectivity index is 2.07. The van der Waals surface area contributed by atoms with E-state index < -0.39 is 0 Å². The van der Waals surface area contributed by atoms with Gasteiger partial charge in [-0.15, -0.1) is 0 Å². The fraction of sp³-hybridized carbons (Fsp3) is 0.357. The summed E-state index contributed by atoms with van der Waals surface area (Å²) in [6.07, 6.45) is 2.50. The van der Waals surface area contributed by atoms with Gasteiger partial charge >= 0.3 is 0 Å². The summed E-state index contributed by atoms with van der Waals surface area (Å²) >= 11 is 0. The third kappa shape index (κ3) is 1.64. The number of pyridine rings is 1. The van der Waals surface area contributed by atoms with E-state index in [1.165, 1.54) is 23.8 Å². The van der Waals surface area contributed by atoms with Crippen LogP contribution >= 0.6 is 0 Å². The number of anilines is 1. The van der Waals surface area contributed by atoms with E-state index in [0.717, 1.165) is 11.3 Å². The molecule has 3 rings (SSSR count). The second kappa shape index (κ2) is 3.21. The third-order valence-corrected chi connectivity index (χ3v) is 3.33. The van der Waals surface area contributed by atoms with Crippen molar-refractivity contribution < 1.29 is 0 Å². The lowest BCUT2D eigenvalue weighted by Gasteiger charge is -2.15. The zero-order valence-electron chi connectivity index (χ0n) is 9.75. The zero-order valence-corrected chi connectivity index (χ0v) is 9.75. The van der Waals surface area contributed by atoms with Crippen LogP contribution < -0.4 is 5.32 Å². The van der Waals surface area contributed by atoms with Crippen molar-refractivity contribution in [3.63, 3.8) is 0 Å². The largest absolute Gasteiger partial charge is 0.365 e. The number of para-hydroxylation sites is 1. The molecule has 0 amide bonds. The Hall–Kier alpha value is -1.57. The summed E-state index contributed by atoms with van der Waals surface area (Å²) in [7, 11) is 0. The van der Waals surface area contributed by atoms with E-state index in [9.17, 15) is 0 Å². The van der Waals surface area contributed by atoms with Gasteiger partial charge in [0.25, 0.3) is 0 Å². The highest BCUT2D eigenvalue weighted by molar-refractivity contribution is 5.81. The van der Waals surface area contributed by atoms with E-state index in [-0.39, 0.29) is 0 Å². The Morgan fingerprint density at radius 2 is 2.00 bits per heavy atom. The Morgan fingerprint density at radius 1 is 1.25 bits per heavy atom. The molecule has 1 aromatic carbocycles. The molecule has 2 aromatic rings. The predicted molar refractivity (Wildman–Crippen MR) is 67.7 cm³/mol. The minimum atomic E-state index is 0.292. The van der Waals surface area contributed by atoms with Gasteiger partial charge in [0, 0.05) is 10.9 Å². The molecule has 2 nitrogen and oxygen atoms in total. The highest BCUT2D eigenvalue weighted by Gasteiger charge is 2.37. The molecule has 0 aliphatic heterocycles. The number of hydrogen-bond donors (Lipinski definition) is 1. The monoisotopic (exact) mass is 212 g/mol. The highest BCUT2D eigenvalue weighted by Crippen LogP contribution is 2.38. The van der Waals surface area contributed by atoms with Crippen molar-refractivity contribution in [1.29, 1.82) is 0 Å². The van der Waals surface area contributed by atoms with Crippen molar-refractivity contribution in [2.45, 2.75) is 32.2 Å². The molecule has 1 aliphatic carbocycles. The molecule has 1 fully saturated rings. The predicted octanol–water partition coefficient (Wildman–Crippen LogP) is 3.51. The number of hydrogen-bond acceptors (Lipinski definition) is 2. The molecular formula is C14H16N2. The van der Waals surface area contributed by atoms with Gasteiger partial charge in [-0.05, 0) is 44.4 Å². The van der Waals surface area contributed by atoms with Gasteiger partial charge in [0.05, 0.1) is 5.52 Å². The van der Waals surface area contributed by atoms with Gasteiger partial charge in [0.2, 0.25) is 0 Å². The molecule has 2 heteroatoms. The number of fused-ring (bicyclic) bond motifs is 1. The number of nitrogens with zero attached hydrogens (tertiary/aromatic N) is 1. The van der Waals surface area contributed by atoms with E-state index in [2.05, 4.69) is 48.4 Å². The van der Waals surface area contributed by atoms with Gasteiger partial charge in [-0.1, -0.05) is 18.2 Å². The SMILES string of the molecule is Cc1cc2ccccc2nc1NC1(C)CC1. The van der Waals surface area contributed by atoms with Crippen molar-refractivity contribution in [3.05, 3.63) is 35.9 Å². The Morgan fingerprint density at radius 3 is 2.75 bits per heavy atom. The van der Waals surface area contributed by atoms with Crippen LogP contribution in [0.2, 0.25) is 0 Å². The van der Waals surface area contributed by atoms with Crippen LogP contribution in [0, 0.1) is 6.92 Å². The van der Waals surface area contributed by atoms with Crippen LogP contribution in [0.1, 0.15) is 25.3 Å². The van der Waals surface area contributed by atoms with E-state index >= 15 is 0 Å². The quantitative estimate of drug-likeness (QED) is 0.824. The second-order valence-corrected chi connectivity index (χ2v) is 5.03. The molecule has 1 heterocycles. The molecule has 0 spiro atoms. The number of aryl methyl sites for hydroxylation is 1. The molecule has 1 aromatic heterocycles. The Bertz CT molecular complexity index is 541. The average molecular weight is 212 g/mol. The first-order chi connectivity index (χ1) is 7.66. The maximum absolute atomic E-state index is 4.69. The zero-order chi connectivity index (χ0) is 11.2. The van der Waals surface area contributed by atoms with E-state index in [4.69, 9.17) is 0 Å². The van der Waals surface area contributed by atoms with Crippen LogP contribution in [0.4, 0.5) is 5.82 Å². The van der Waals surface area contributed by atoms with Crippen molar-refractivity contribution in [1.82, 2.24) is 4.98 Å². The number of aromatic nitrogens is 1. The fourth-order valence-electron chi connectivity index (χ4n) is 1.95. The first-order valence-corrected chi connectivity index (χ1v) is 5.81. The van der Waals surface area contributed by atoms with Gasteiger partial charge in [-0.25, -0.2) is 4.98 Å². The van der Waals surface area contributed by atoms with Crippen molar-refractivity contribution >= 4 is 16.7 Å². The lowest BCUT2D eigenvalue weighted by molar-refractivity contribution is 0.820. The van der Waals surface area contributed by atoms with Gasteiger partial charge in [0.15, 0.2) is 0 Å². The third-order valence-electron chi connectivity index (χ3n) is 3.33. The van der Waals surface area contributed by atoms with Crippen LogP contribution in [0.25, 0.3) is 10.9 Å². The standard InChI is InChI=1S/C14H16N2/c1-10-9-11-5-3-4-6-12(11)15-13(10)16-14(2)7-8-14/h3-6,9H,7-8H2,1-2H3,(H,15,16). The first kappa shape index (κ1) is 9.64. The Labute approximate surface area is 95.7 Å². The molecule has 1 saturated carbocycles. The second-order valence-electron chi connectivity index (χ2n) is 5.03. The van der Waals surface area contributed by atoms with Crippen LogP contribution in [0.5, 0.6) is 0 Å². The minimum absolute atomic E-state index is 0.292. The summed E-state index contributed by atoms with van der Waals surface area (Å²) in [6, 6.07) is 10.5. The van der Waals surface area contributed by atoms with Crippen LogP contribution in [0.15, 0.2) is 30.3 Å². The molecule has 0 unspecified atom stereocenters. The summed E-state index contributed by atoms with van der Waals surface area (Å²) in [5.41, 5.74) is 2.59. The molecule has 1 N–H and O–H groups in total.